The predicted octanol–water partition coefficient (Wildman–Crippen LogP) is 1.62. The minimum absolute atomic E-state index is 0.0903. The molecule has 0 aliphatic heterocycles. The summed E-state index contributed by atoms with van der Waals surface area (Å²) in [4.78, 5) is 28.5. The Kier molecular flexibility index (Phi) is 5.23. The molecule has 28 heavy (non-hydrogen) atoms. The molecule has 0 aliphatic carbocycles. The zero-order chi connectivity index (χ0) is 20.4. The molecule has 3 aromatic rings. The van der Waals surface area contributed by atoms with Gasteiger partial charge in [-0.15, -0.1) is 0 Å². The Morgan fingerprint density at radius 2 is 2.11 bits per heavy atom. The highest BCUT2D eigenvalue weighted by atomic mass is 19.1. The van der Waals surface area contributed by atoms with Gasteiger partial charge in [-0.05, 0) is 31.2 Å². The van der Waals surface area contributed by atoms with Crippen LogP contribution in [0.4, 0.5) is 21.7 Å². The molecule has 0 saturated heterocycles. The Hall–Kier alpha value is -3.53. The van der Waals surface area contributed by atoms with Gasteiger partial charge in [0.25, 0.3) is 5.91 Å². The van der Waals surface area contributed by atoms with Gasteiger partial charge in [-0.25, -0.2) is 15.2 Å². The minimum atomic E-state index is -0.825. The number of fused-ring (bicyclic) bond motifs is 1. The third-order valence-electron chi connectivity index (χ3n) is 4.49. The molecule has 2 heterocycles. The Labute approximate surface area is 160 Å². The summed E-state index contributed by atoms with van der Waals surface area (Å²) in [5, 5.41) is 8.74. The number of amides is 1. The Bertz CT molecular complexity index is 1040. The number of anilines is 3. The Morgan fingerprint density at radius 3 is 2.79 bits per heavy atom. The molecule has 0 aliphatic rings. The number of aldehydes is 1. The first kappa shape index (κ1) is 19.2. The smallest absolute Gasteiger partial charge is 0.252 e. The van der Waals surface area contributed by atoms with Crippen molar-refractivity contribution in [3.8, 4) is 0 Å². The van der Waals surface area contributed by atoms with Gasteiger partial charge in [-0.2, -0.15) is 5.10 Å². The number of hydrogen-bond acceptors (Lipinski definition) is 7. The maximum absolute atomic E-state index is 14.6. The van der Waals surface area contributed by atoms with Crippen molar-refractivity contribution in [2.24, 2.45) is 11.6 Å². The van der Waals surface area contributed by atoms with E-state index in [1.165, 1.54) is 0 Å². The van der Waals surface area contributed by atoms with Crippen LogP contribution in [0.3, 0.4) is 0 Å². The van der Waals surface area contributed by atoms with E-state index < -0.39 is 17.8 Å². The largest absolute Gasteiger partial charge is 0.365 e. The summed E-state index contributed by atoms with van der Waals surface area (Å²) in [5.74, 6) is 4.26. The lowest BCUT2D eigenvalue weighted by atomic mass is 10.1. The standard InChI is InChI=1S/C18H20FN7O2/c1-10(5-6-27)26(21)18-14(19)8-13(16(20)28)17(23-18)25(2)12-3-4-15-11(7-12)9-22-24-15/h3-4,6-10H,5,21H2,1-2H3,(H2,20,28)(H,22,24). The number of hydrazine groups is 1. The van der Waals surface area contributed by atoms with Crippen molar-refractivity contribution in [2.45, 2.75) is 19.4 Å². The third kappa shape index (κ3) is 3.49. The normalized spacial score (nSPS) is 12.0. The predicted molar refractivity (Wildman–Crippen MR) is 104 cm³/mol. The van der Waals surface area contributed by atoms with Crippen LogP contribution in [0.2, 0.25) is 0 Å². The van der Waals surface area contributed by atoms with Gasteiger partial charge in [0.1, 0.15) is 12.1 Å². The lowest BCUT2D eigenvalue weighted by Gasteiger charge is -2.27. The zero-order valence-electron chi connectivity index (χ0n) is 15.4. The molecule has 10 heteroatoms. The van der Waals surface area contributed by atoms with E-state index in [4.69, 9.17) is 11.6 Å². The molecule has 0 bridgehead atoms. The van der Waals surface area contributed by atoms with E-state index >= 15 is 0 Å². The molecule has 1 amide bonds. The number of carbonyl (C=O) groups is 2. The minimum Gasteiger partial charge on any atom is -0.365 e. The lowest BCUT2D eigenvalue weighted by molar-refractivity contribution is -0.108. The van der Waals surface area contributed by atoms with Gasteiger partial charge in [0.2, 0.25) is 0 Å². The number of halogens is 1. The highest BCUT2D eigenvalue weighted by Gasteiger charge is 2.23. The van der Waals surface area contributed by atoms with Crippen LogP contribution in [0.1, 0.15) is 23.7 Å². The first-order valence-electron chi connectivity index (χ1n) is 8.48. The van der Waals surface area contributed by atoms with Crippen molar-refractivity contribution in [3.05, 3.63) is 41.8 Å². The van der Waals surface area contributed by atoms with Crippen LogP contribution in [-0.4, -0.2) is 40.5 Å². The van der Waals surface area contributed by atoms with Gasteiger partial charge in [0.05, 0.1) is 23.3 Å². The Balaban J connectivity index is 2.09. The van der Waals surface area contributed by atoms with Crippen molar-refractivity contribution >= 4 is 40.4 Å². The molecule has 3 rings (SSSR count). The summed E-state index contributed by atoms with van der Waals surface area (Å²) >= 11 is 0. The summed E-state index contributed by atoms with van der Waals surface area (Å²) in [7, 11) is 1.67. The molecule has 1 atom stereocenters. The summed E-state index contributed by atoms with van der Waals surface area (Å²) in [6.07, 6.45) is 2.44. The van der Waals surface area contributed by atoms with E-state index in [0.29, 0.717) is 12.0 Å². The zero-order valence-corrected chi connectivity index (χ0v) is 15.4. The lowest BCUT2D eigenvalue weighted by Crippen LogP contribution is -2.41. The highest BCUT2D eigenvalue weighted by Crippen LogP contribution is 2.31. The van der Waals surface area contributed by atoms with Crippen molar-refractivity contribution in [3.63, 3.8) is 0 Å². The number of hydrogen-bond donors (Lipinski definition) is 3. The number of H-pyrrole nitrogens is 1. The van der Waals surface area contributed by atoms with Crippen molar-refractivity contribution in [1.29, 1.82) is 0 Å². The second-order valence-corrected chi connectivity index (χ2v) is 6.39. The molecule has 146 valence electrons. The monoisotopic (exact) mass is 385 g/mol. The van der Waals surface area contributed by atoms with Crippen LogP contribution >= 0.6 is 0 Å². The van der Waals surface area contributed by atoms with E-state index in [2.05, 4.69) is 15.2 Å². The van der Waals surface area contributed by atoms with Crippen LogP contribution in [-0.2, 0) is 4.79 Å². The SMILES string of the molecule is CC(CC=O)N(N)c1nc(N(C)c2ccc3[nH]ncc3c2)c(C(N)=O)cc1F. The highest BCUT2D eigenvalue weighted by molar-refractivity contribution is 5.99. The van der Waals surface area contributed by atoms with E-state index in [0.717, 1.165) is 22.0 Å². The van der Waals surface area contributed by atoms with Crippen molar-refractivity contribution in [1.82, 2.24) is 15.2 Å². The number of nitrogens with two attached hydrogens (primary N) is 2. The maximum Gasteiger partial charge on any atom is 0.252 e. The first-order chi connectivity index (χ1) is 13.3. The number of carbonyl (C=O) groups excluding carboxylic acids is 2. The molecule has 0 saturated carbocycles. The molecular formula is C18H20FN7O2. The van der Waals surface area contributed by atoms with Gasteiger partial charge in [0, 0.05) is 24.5 Å². The van der Waals surface area contributed by atoms with Gasteiger partial charge < -0.3 is 15.4 Å². The Morgan fingerprint density at radius 1 is 1.36 bits per heavy atom. The van der Waals surface area contributed by atoms with Crippen molar-refractivity contribution < 1.29 is 14.0 Å². The molecule has 0 spiro atoms. The van der Waals surface area contributed by atoms with E-state index in [1.54, 1.807) is 31.1 Å². The number of benzene rings is 1. The quantitative estimate of drug-likeness (QED) is 0.319. The number of nitrogens with zero attached hydrogens (tertiary/aromatic N) is 4. The van der Waals surface area contributed by atoms with Crippen LogP contribution in [0.5, 0.6) is 0 Å². The third-order valence-corrected chi connectivity index (χ3v) is 4.49. The molecule has 1 unspecified atom stereocenters. The average molecular weight is 385 g/mol. The average Bonchev–Trinajstić information content (AvgIpc) is 3.14. The van der Waals surface area contributed by atoms with Gasteiger partial charge in [-0.3, -0.25) is 14.9 Å². The van der Waals surface area contributed by atoms with Crippen LogP contribution < -0.4 is 21.5 Å². The van der Waals surface area contributed by atoms with Crippen LogP contribution in [0.25, 0.3) is 10.9 Å². The fourth-order valence-corrected chi connectivity index (χ4v) is 2.81. The van der Waals surface area contributed by atoms with Crippen molar-refractivity contribution in [2.75, 3.05) is 17.0 Å². The molecule has 0 fully saturated rings. The van der Waals surface area contributed by atoms with E-state index in [1.807, 2.05) is 12.1 Å². The van der Waals surface area contributed by atoms with Crippen LogP contribution in [0, 0.1) is 5.82 Å². The molecule has 0 radical (unpaired) electrons. The fraction of sp³-hybridized carbons (Fsp3) is 0.222. The summed E-state index contributed by atoms with van der Waals surface area (Å²) in [6, 6.07) is 5.97. The fourth-order valence-electron chi connectivity index (χ4n) is 2.81. The summed E-state index contributed by atoms with van der Waals surface area (Å²) in [6.45, 7) is 1.66. The topological polar surface area (TPSA) is 134 Å². The molecule has 2 aromatic heterocycles. The number of aromatic amines is 1. The van der Waals surface area contributed by atoms with Gasteiger partial charge >= 0.3 is 0 Å². The second kappa shape index (κ2) is 7.61. The number of pyridine rings is 1. The first-order valence-corrected chi connectivity index (χ1v) is 8.48. The number of nitrogens with one attached hydrogen (secondary N) is 1. The molecular weight excluding hydrogens is 365 g/mol. The van der Waals surface area contributed by atoms with Gasteiger partial charge in [0.15, 0.2) is 11.6 Å². The summed E-state index contributed by atoms with van der Waals surface area (Å²) < 4.78 is 14.6. The second-order valence-electron chi connectivity index (χ2n) is 6.39. The molecule has 9 nitrogen and oxygen atoms in total. The molecule has 5 N–H and O–H groups in total. The van der Waals surface area contributed by atoms with Crippen LogP contribution in [0.15, 0.2) is 30.5 Å². The maximum atomic E-state index is 14.6. The van der Waals surface area contributed by atoms with Gasteiger partial charge in [-0.1, -0.05) is 0 Å². The van der Waals surface area contributed by atoms with E-state index in [9.17, 15) is 14.0 Å². The molecule has 1 aromatic carbocycles. The number of aromatic nitrogens is 3. The van der Waals surface area contributed by atoms with E-state index in [-0.39, 0.29) is 23.6 Å². The number of rotatable bonds is 7. The summed E-state index contributed by atoms with van der Waals surface area (Å²) in [5.41, 5.74) is 6.87. The number of primary amides is 1.